The van der Waals surface area contributed by atoms with Gasteiger partial charge in [-0.15, -0.1) is 10.2 Å². The van der Waals surface area contributed by atoms with Crippen LogP contribution in [0.2, 0.25) is 0 Å². The molecule has 4 rings (SSSR count). The Hall–Kier alpha value is -2.28. The predicted octanol–water partition coefficient (Wildman–Crippen LogP) is 2.04. The summed E-state index contributed by atoms with van der Waals surface area (Å²) in [7, 11) is 0. The number of aryl methyl sites for hydroxylation is 1. The third-order valence-electron chi connectivity index (χ3n) is 5.00. The van der Waals surface area contributed by atoms with Gasteiger partial charge in [-0.25, -0.2) is 4.39 Å². The normalized spacial score (nSPS) is 20.6. The molecule has 0 saturated carbocycles. The average molecular weight is 343 g/mol. The number of hydrogen-bond donors (Lipinski definition) is 1. The van der Waals surface area contributed by atoms with E-state index in [0.29, 0.717) is 18.8 Å². The van der Waals surface area contributed by atoms with E-state index in [4.69, 9.17) is 0 Å². The molecule has 1 aromatic heterocycles. The molecule has 7 heteroatoms. The summed E-state index contributed by atoms with van der Waals surface area (Å²) in [4.78, 5) is 14.5. The Labute approximate surface area is 146 Å². The molecule has 2 aliphatic rings. The van der Waals surface area contributed by atoms with E-state index in [-0.39, 0.29) is 17.8 Å². The second-order valence-corrected chi connectivity index (χ2v) is 6.69. The van der Waals surface area contributed by atoms with Gasteiger partial charge >= 0.3 is 0 Å². The lowest BCUT2D eigenvalue weighted by atomic mass is 10.0. The highest BCUT2D eigenvalue weighted by Crippen LogP contribution is 2.22. The van der Waals surface area contributed by atoms with E-state index in [0.717, 1.165) is 50.3 Å². The quantitative estimate of drug-likeness (QED) is 0.923. The zero-order valence-electron chi connectivity index (χ0n) is 14.1. The van der Waals surface area contributed by atoms with Crippen LogP contribution in [0.1, 0.15) is 37.3 Å². The first-order valence-corrected chi connectivity index (χ1v) is 8.93. The number of carbonyl (C=O) groups is 1. The van der Waals surface area contributed by atoms with Crippen LogP contribution in [-0.2, 0) is 24.3 Å². The molecule has 3 heterocycles. The fourth-order valence-electron chi connectivity index (χ4n) is 3.68. The van der Waals surface area contributed by atoms with E-state index in [2.05, 4.69) is 20.1 Å². The van der Waals surface area contributed by atoms with Crippen molar-refractivity contribution in [2.75, 3.05) is 11.4 Å². The third kappa shape index (κ3) is 3.28. The highest BCUT2D eigenvalue weighted by molar-refractivity contribution is 5.97. The van der Waals surface area contributed by atoms with Gasteiger partial charge < -0.3 is 9.47 Å². The minimum atomic E-state index is -0.324. The molecule has 2 aromatic rings. The molecule has 0 bridgehead atoms. The van der Waals surface area contributed by atoms with E-state index >= 15 is 0 Å². The number of piperidine rings is 1. The number of nitrogens with one attached hydrogen (secondary N) is 1. The average Bonchev–Trinajstić information content (AvgIpc) is 3.04. The van der Waals surface area contributed by atoms with E-state index in [1.54, 1.807) is 17.0 Å². The van der Waals surface area contributed by atoms with Crippen LogP contribution >= 0.6 is 0 Å². The Morgan fingerprint density at radius 3 is 3.00 bits per heavy atom. The molecule has 1 unspecified atom stereocenters. The van der Waals surface area contributed by atoms with Crippen molar-refractivity contribution in [3.8, 4) is 0 Å². The van der Waals surface area contributed by atoms with Crippen molar-refractivity contribution in [3.63, 3.8) is 0 Å². The fourth-order valence-corrected chi connectivity index (χ4v) is 3.68. The van der Waals surface area contributed by atoms with Crippen LogP contribution in [0.3, 0.4) is 0 Å². The number of aromatic nitrogens is 3. The first kappa shape index (κ1) is 16.2. The standard InChI is InChI=1S/C18H22FN5O/c19-13-5-3-6-14(11-13)23-10-4-7-15(18(23)25)20-12-17-22-21-16-8-1-2-9-24(16)17/h3,5-6,11,15,20H,1-2,4,7-10,12H2. The number of rotatable bonds is 4. The summed E-state index contributed by atoms with van der Waals surface area (Å²) < 4.78 is 15.6. The smallest absolute Gasteiger partial charge is 0.244 e. The van der Waals surface area contributed by atoms with Crippen LogP contribution in [0.5, 0.6) is 0 Å². The van der Waals surface area contributed by atoms with Crippen LogP contribution in [0, 0.1) is 5.82 Å². The minimum Gasteiger partial charge on any atom is -0.314 e. The van der Waals surface area contributed by atoms with Gasteiger partial charge in [-0.3, -0.25) is 10.1 Å². The van der Waals surface area contributed by atoms with Gasteiger partial charge in [0.2, 0.25) is 5.91 Å². The Morgan fingerprint density at radius 1 is 1.20 bits per heavy atom. The van der Waals surface area contributed by atoms with Gasteiger partial charge in [0, 0.05) is 25.2 Å². The van der Waals surface area contributed by atoms with Gasteiger partial charge in [-0.1, -0.05) is 6.07 Å². The topological polar surface area (TPSA) is 63.1 Å². The Morgan fingerprint density at radius 2 is 2.12 bits per heavy atom. The molecular formula is C18H22FN5O. The van der Waals surface area contributed by atoms with Crippen molar-refractivity contribution in [1.29, 1.82) is 0 Å². The second-order valence-electron chi connectivity index (χ2n) is 6.69. The maximum absolute atomic E-state index is 13.5. The molecule has 1 atom stereocenters. The third-order valence-corrected chi connectivity index (χ3v) is 5.00. The molecule has 1 saturated heterocycles. The molecule has 0 spiro atoms. The molecule has 1 N–H and O–H groups in total. The van der Waals surface area contributed by atoms with Gasteiger partial charge in [0.15, 0.2) is 0 Å². The molecule has 6 nitrogen and oxygen atoms in total. The van der Waals surface area contributed by atoms with Crippen molar-refractivity contribution in [1.82, 2.24) is 20.1 Å². The first-order valence-electron chi connectivity index (χ1n) is 8.93. The number of benzene rings is 1. The molecule has 1 aromatic carbocycles. The summed E-state index contributed by atoms with van der Waals surface area (Å²) in [6.07, 6.45) is 4.95. The van der Waals surface area contributed by atoms with Crippen molar-refractivity contribution in [3.05, 3.63) is 41.7 Å². The lowest BCUT2D eigenvalue weighted by molar-refractivity contribution is -0.121. The summed E-state index contributed by atoms with van der Waals surface area (Å²) in [5.41, 5.74) is 0.622. The Balaban J connectivity index is 1.44. The number of nitrogens with zero attached hydrogens (tertiary/aromatic N) is 4. The van der Waals surface area contributed by atoms with Gasteiger partial charge in [0.1, 0.15) is 17.5 Å². The number of anilines is 1. The van der Waals surface area contributed by atoms with Gasteiger partial charge in [0.25, 0.3) is 0 Å². The van der Waals surface area contributed by atoms with Crippen molar-refractivity contribution < 1.29 is 9.18 Å². The second kappa shape index (κ2) is 6.92. The first-order chi connectivity index (χ1) is 12.2. The molecule has 25 heavy (non-hydrogen) atoms. The summed E-state index contributed by atoms with van der Waals surface area (Å²) >= 11 is 0. The molecular weight excluding hydrogens is 321 g/mol. The number of amides is 1. The van der Waals surface area contributed by atoms with Crippen molar-refractivity contribution >= 4 is 11.6 Å². The van der Waals surface area contributed by atoms with E-state index in [1.165, 1.54) is 12.1 Å². The van der Waals surface area contributed by atoms with Crippen LogP contribution in [0.25, 0.3) is 0 Å². The lowest BCUT2D eigenvalue weighted by Gasteiger charge is -2.32. The van der Waals surface area contributed by atoms with Crippen LogP contribution in [-0.4, -0.2) is 33.3 Å². The van der Waals surface area contributed by atoms with E-state index in [9.17, 15) is 9.18 Å². The maximum atomic E-state index is 13.5. The molecule has 2 aliphatic heterocycles. The predicted molar refractivity (Wildman–Crippen MR) is 91.6 cm³/mol. The van der Waals surface area contributed by atoms with Gasteiger partial charge in [-0.05, 0) is 43.9 Å². The maximum Gasteiger partial charge on any atom is 0.244 e. The summed E-state index contributed by atoms with van der Waals surface area (Å²) in [6.45, 7) is 2.11. The summed E-state index contributed by atoms with van der Waals surface area (Å²) in [6, 6.07) is 5.95. The molecule has 1 amide bonds. The number of halogens is 1. The van der Waals surface area contributed by atoms with Gasteiger partial charge in [-0.2, -0.15) is 0 Å². The zero-order chi connectivity index (χ0) is 17.2. The zero-order valence-corrected chi connectivity index (χ0v) is 14.1. The largest absolute Gasteiger partial charge is 0.314 e. The monoisotopic (exact) mass is 343 g/mol. The van der Waals surface area contributed by atoms with Gasteiger partial charge in [0.05, 0.1) is 12.6 Å². The summed E-state index contributed by atoms with van der Waals surface area (Å²) in [5.74, 6) is 1.61. The fraction of sp³-hybridized carbons (Fsp3) is 0.500. The number of hydrogen-bond acceptors (Lipinski definition) is 4. The summed E-state index contributed by atoms with van der Waals surface area (Å²) in [5, 5.41) is 11.8. The van der Waals surface area contributed by atoms with E-state index in [1.807, 2.05) is 0 Å². The minimum absolute atomic E-state index is 0.00441. The van der Waals surface area contributed by atoms with Crippen molar-refractivity contribution in [2.24, 2.45) is 0 Å². The highest BCUT2D eigenvalue weighted by atomic mass is 19.1. The molecule has 132 valence electrons. The number of carbonyl (C=O) groups excluding carboxylic acids is 1. The Kier molecular flexibility index (Phi) is 4.48. The molecule has 0 aliphatic carbocycles. The number of fused-ring (bicyclic) bond motifs is 1. The SMILES string of the molecule is O=C1C(NCc2nnc3n2CCCC3)CCCN1c1cccc(F)c1. The van der Waals surface area contributed by atoms with Crippen molar-refractivity contribution in [2.45, 2.75) is 51.2 Å². The lowest BCUT2D eigenvalue weighted by Crippen LogP contribution is -2.50. The molecule has 0 radical (unpaired) electrons. The van der Waals surface area contributed by atoms with Crippen LogP contribution in [0.15, 0.2) is 24.3 Å². The van der Waals surface area contributed by atoms with Crippen LogP contribution < -0.4 is 10.2 Å². The Bertz CT molecular complexity index is 775. The molecule has 1 fully saturated rings. The highest BCUT2D eigenvalue weighted by Gasteiger charge is 2.30. The van der Waals surface area contributed by atoms with E-state index < -0.39 is 0 Å². The van der Waals surface area contributed by atoms with Crippen LogP contribution in [0.4, 0.5) is 10.1 Å².